The Bertz CT molecular complexity index is 685. The molecule has 0 atom stereocenters. The first-order chi connectivity index (χ1) is 13.8. The molecule has 0 radical (unpaired) electrons. The number of rotatable bonds is 7. The Hall–Kier alpha value is -2.40. The van der Waals surface area contributed by atoms with E-state index in [2.05, 4.69) is 38.6 Å². The molecule has 7 nitrogen and oxygen atoms in total. The van der Waals surface area contributed by atoms with Crippen LogP contribution in [0.2, 0.25) is 0 Å². The molecular formula is C21H30N6O. The van der Waals surface area contributed by atoms with Crippen molar-refractivity contribution >= 4 is 5.91 Å². The van der Waals surface area contributed by atoms with E-state index >= 15 is 0 Å². The summed E-state index contributed by atoms with van der Waals surface area (Å²) in [6.07, 6.45) is 1.58. The second-order valence-electron chi connectivity index (χ2n) is 7.27. The van der Waals surface area contributed by atoms with E-state index < -0.39 is 0 Å². The predicted octanol–water partition coefficient (Wildman–Crippen LogP) is 0.233. The highest BCUT2D eigenvalue weighted by Gasteiger charge is 2.23. The standard InChI is InChI=1S/C21H30N6O/c22-16-20(17-24-8-11-25-9-6-23-7-10-25)21(28)27-14-12-26(13-15-27)18-19-4-2-1-3-5-19/h1-5,17,23-24H,6-15,18H2/b20-17-. The quantitative estimate of drug-likeness (QED) is 0.400. The topological polar surface area (TPSA) is 74.6 Å². The maximum atomic E-state index is 12.6. The van der Waals surface area contributed by atoms with Crippen LogP contribution >= 0.6 is 0 Å². The highest BCUT2D eigenvalue weighted by atomic mass is 16.2. The molecule has 1 aromatic carbocycles. The molecule has 2 fully saturated rings. The number of hydrogen-bond acceptors (Lipinski definition) is 6. The summed E-state index contributed by atoms with van der Waals surface area (Å²) >= 11 is 0. The van der Waals surface area contributed by atoms with Crippen LogP contribution in [0.4, 0.5) is 0 Å². The Morgan fingerprint density at radius 2 is 1.79 bits per heavy atom. The number of carbonyl (C=O) groups excluding carboxylic acids is 1. The van der Waals surface area contributed by atoms with Crippen molar-refractivity contribution in [1.29, 1.82) is 5.26 Å². The van der Waals surface area contributed by atoms with Crippen LogP contribution in [0.15, 0.2) is 42.1 Å². The average Bonchev–Trinajstić information content (AvgIpc) is 2.75. The summed E-state index contributed by atoms with van der Waals surface area (Å²) in [5.41, 5.74) is 1.48. The molecule has 1 amide bonds. The summed E-state index contributed by atoms with van der Waals surface area (Å²) in [7, 11) is 0. The molecule has 2 aliphatic rings. The summed E-state index contributed by atoms with van der Waals surface area (Å²) in [4.78, 5) is 19.2. The molecule has 2 N–H and O–H groups in total. The van der Waals surface area contributed by atoms with Gasteiger partial charge in [0.15, 0.2) is 0 Å². The summed E-state index contributed by atoms with van der Waals surface area (Å²) in [6, 6.07) is 12.4. The van der Waals surface area contributed by atoms with Gasteiger partial charge < -0.3 is 15.5 Å². The van der Waals surface area contributed by atoms with Gasteiger partial charge in [0.1, 0.15) is 11.6 Å². The Labute approximate surface area is 167 Å². The Morgan fingerprint density at radius 1 is 1.07 bits per heavy atom. The van der Waals surface area contributed by atoms with Crippen molar-refractivity contribution in [3.63, 3.8) is 0 Å². The van der Waals surface area contributed by atoms with Gasteiger partial charge >= 0.3 is 0 Å². The van der Waals surface area contributed by atoms with Gasteiger partial charge in [-0.2, -0.15) is 5.26 Å². The molecule has 2 heterocycles. The summed E-state index contributed by atoms with van der Waals surface area (Å²) in [6.45, 7) is 9.67. The van der Waals surface area contributed by atoms with Crippen LogP contribution in [0.25, 0.3) is 0 Å². The number of nitrogens with zero attached hydrogens (tertiary/aromatic N) is 4. The molecule has 0 bridgehead atoms. The second kappa shape index (κ2) is 10.8. The Kier molecular flexibility index (Phi) is 7.85. The highest BCUT2D eigenvalue weighted by molar-refractivity contribution is 5.97. The third-order valence-corrected chi connectivity index (χ3v) is 5.29. The number of amides is 1. The molecular weight excluding hydrogens is 352 g/mol. The fraction of sp³-hybridized carbons (Fsp3) is 0.524. The van der Waals surface area contributed by atoms with Gasteiger partial charge in [-0.15, -0.1) is 0 Å². The number of carbonyl (C=O) groups is 1. The van der Waals surface area contributed by atoms with Crippen molar-refractivity contribution < 1.29 is 4.79 Å². The number of piperazine rings is 2. The van der Waals surface area contributed by atoms with Crippen molar-refractivity contribution in [2.45, 2.75) is 6.54 Å². The van der Waals surface area contributed by atoms with Crippen molar-refractivity contribution in [3.05, 3.63) is 47.7 Å². The number of nitriles is 1. The molecule has 28 heavy (non-hydrogen) atoms. The zero-order chi connectivity index (χ0) is 19.6. The van der Waals surface area contributed by atoms with Crippen molar-refractivity contribution in [1.82, 2.24) is 25.3 Å². The van der Waals surface area contributed by atoms with Crippen LogP contribution in [-0.2, 0) is 11.3 Å². The average molecular weight is 383 g/mol. The lowest BCUT2D eigenvalue weighted by Gasteiger charge is -2.34. The van der Waals surface area contributed by atoms with Gasteiger partial charge in [-0.3, -0.25) is 14.6 Å². The van der Waals surface area contributed by atoms with Gasteiger partial charge in [0.2, 0.25) is 0 Å². The van der Waals surface area contributed by atoms with E-state index in [0.29, 0.717) is 13.1 Å². The summed E-state index contributed by atoms with van der Waals surface area (Å²) in [5.74, 6) is -0.170. The lowest BCUT2D eigenvalue weighted by atomic mass is 10.2. The molecule has 2 saturated heterocycles. The molecule has 1 aromatic rings. The van der Waals surface area contributed by atoms with Gasteiger partial charge in [-0.25, -0.2) is 0 Å². The molecule has 3 rings (SSSR count). The minimum atomic E-state index is -0.170. The van der Waals surface area contributed by atoms with Gasteiger partial charge in [0, 0.05) is 78.2 Å². The molecule has 0 aliphatic carbocycles. The highest BCUT2D eigenvalue weighted by Crippen LogP contribution is 2.10. The first kappa shape index (κ1) is 20.3. The van der Waals surface area contributed by atoms with E-state index in [1.165, 1.54) is 5.56 Å². The van der Waals surface area contributed by atoms with Gasteiger partial charge in [0.25, 0.3) is 5.91 Å². The summed E-state index contributed by atoms with van der Waals surface area (Å²) in [5, 5.41) is 15.9. The van der Waals surface area contributed by atoms with Crippen molar-refractivity contribution in [2.75, 3.05) is 65.4 Å². The van der Waals surface area contributed by atoms with Gasteiger partial charge in [-0.05, 0) is 5.56 Å². The van der Waals surface area contributed by atoms with Crippen LogP contribution in [0, 0.1) is 11.3 Å². The third kappa shape index (κ3) is 6.06. The zero-order valence-corrected chi connectivity index (χ0v) is 16.4. The minimum absolute atomic E-state index is 0.170. The minimum Gasteiger partial charge on any atom is -0.388 e. The molecule has 0 unspecified atom stereocenters. The van der Waals surface area contributed by atoms with Crippen LogP contribution < -0.4 is 10.6 Å². The lowest BCUT2D eigenvalue weighted by Crippen LogP contribution is -2.48. The van der Waals surface area contributed by atoms with Crippen LogP contribution in [-0.4, -0.2) is 86.1 Å². The SMILES string of the molecule is N#C/C(=C/NCCN1CCNCC1)C(=O)N1CCN(Cc2ccccc2)CC1. The Morgan fingerprint density at radius 3 is 2.46 bits per heavy atom. The van der Waals surface area contributed by atoms with Crippen LogP contribution in [0.5, 0.6) is 0 Å². The maximum absolute atomic E-state index is 12.6. The van der Waals surface area contributed by atoms with Crippen molar-refractivity contribution in [2.24, 2.45) is 0 Å². The smallest absolute Gasteiger partial charge is 0.266 e. The molecule has 7 heteroatoms. The fourth-order valence-corrected chi connectivity index (χ4v) is 3.59. The van der Waals surface area contributed by atoms with E-state index in [4.69, 9.17) is 0 Å². The van der Waals surface area contributed by atoms with Gasteiger partial charge in [-0.1, -0.05) is 30.3 Å². The fourth-order valence-electron chi connectivity index (χ4n) is 3.59. The first-order valence-electron chi connectivity index (χ1n) is 10.1. The number of hydrogen-bond donors (Lipinski definition) is 2. The maximum Gasteiger partial charge on any atom is 0.266 e. The largest absolute Gasteiger partial charge is 0.388 e. The molecule has 0 aromatic heterocycles. The normalized spacial score (nSPS) is 19.2. The second-order valence-corrected chi connectivity index (χ2v) is 7.27. The van der Waals surface area contributed by atoms with E-state index in [0.717, 1.165) is 58.9 Å². The predicted molar refractivity (Wildman–Crippen MR) is 109 cm³/mol. The van der Waals surface area contributed by atoms with E-state index in [1.54, 1.807) is 11.1 Å². The molecule has 0 spiro atoms. The van der Waals surface area contributed by atoms with E-state index in [-0.39, 0.29) is 11.5 Å². The molecule has 150 valence electrons. The molecule has 0 saturated carbocycles. The van der Waals surface area contributed by atoms with Gasteiger partial charge in [0.05, 0.1) is 0 Å². The monoisotopic (exact) mass is 382 g/mol. The first-order valence-corrected chi connectivity index (χ1v) is 10.1. The third-order valence-electron chi connectivity index (χ3n) is 5.29. The van der Waals surface area contributed by atoms with Crippen LogP contribution in [0.3, 0.4) is 0 Å². The Balaban J connectivity index is 1.41. The summed E-state index contributed by atoms with van der Waals surface area (Å²) < 4.78 is 0. The number of benzene rings is 1. The lowest BCUT2D eigenvalue weighted by molar-refractivity contribution is -0.128. The van der Waals surface area contributed by atoms with Crippen molar-refractivity contribution in [3.8, 4) is 6.07 Å². The molecule has 2 aliphatic heterocycles. The number of nitrogens with one attached hydrogen (secondary N) is 2. The van der Waals surface area contributed by atoms with Crippen LogP contribution in [0.1, 0.15) is 5.56 Å². The zero-order valence-electron chi connectivity index (χ0n) is 16.4. The van der Waals surface area contributed by atoms with E-state index in [9.17, 15) is 10.1 Å². The van der Waals surface area contributed by atoms with E-state index in [1.807, 2.05) is 18.2 Å².